The van der Waals surface area contributed by atoms with Gasteiger partial charge in [0.05, 0.1) is 0 Å². The van der Waals surface area contributed by atoms with Crippen LogP contribution >= 0.6 is 0 Å². The van der Waals surface area contributed by atoms with Crippen molar-refractivity contribution < 1.29 is 24.4 Å². The SMILES string of the molecule is O=[Se](O)O.O=[Se](O)O. The molecule has 0 aliphatic rings. The van der Waals surface area contributed by atoms with Gasteiger partial charge in [0.1, 0.15) is 0 Å². The Morgan fingerprint density at radius 2 is 0.750 bits per heavy atom. The summed E-state index contributed by atoms with van der Waals surface area (Å²) < 4.78 is 46.2. The van der Waals surface area contributed by atoms with Gasteiger partial charge in [0.15, 0.2) is 0 Å². The van der Waals surface area contributed by atoms with Crippen LogP contribution in [0.2, 0.25) is 0 Å². The summed E-state index contributed by atoms with van der Waals surface area (Å²) in [6.07, 6.45) is 0. The third-order valence-corrected chi connectivity index (χ3v) is 0. The van der Waals surface area contributed by atoms with E-state index in [4.69, 9.17) is 24.4 Å². The Hall–Kier alpha value is 0.479. The van der Waals surface area contributed by atoms with E-state index < -0.39 is 29.0 Å². The molecule has 8 heteroatoms. The topological polar surface area (TPSA) is 115 Å². The molecule has 0 bridgehead atoms. The Labute approximate surface area is 53.9 Å². The normalized spacial score (nSPS) is 8.75. The Morgan fingerprint density at radius 1 is 0.750 bits per heavy atom. The fourth-order valence-electron chi connectivity index (χ4n) is 0. The van der Waals surface area contributed by atoms with E-state index in [2.05, 4.69) is 0 Å². The van der Waals surface area contributed by atoms with Crippen molar-refractivity contribution in [3.05, 3.63) is 0 Å². The minimum absolute atomic E-state index is 3.29. The molecule has 0 amide bonds. The molecule has 0 rings (SSSR count). The predicted molar refractivity (Wildman–Crippen MR) is 21.8 cm³/mol. The molecular weight excluding hydrogens is 254 g/mol. The van der Waals surface area contributed by atoms with E-state index >= 15 is 0 Å². The van der Waals surface area contributed by atoms with Gasteiger partial charge in [-0.15, -0.1) is 0 Å². The van der Waals surface area contributed by atoms with Gasteiger partial charge in [0.2, 0.25) is 0 Å². The molecule has 0 saturated heterocycles. The first-order valence-electron chi connectivity index (χ1n) is 1.06. The zero-order valence-electron chi connectivity index (χ0n) is 3.42. The summed E-state index contributed by atoms with van der Waals surface area (Å²) in [6, 6.07) is 0. The van der Waals surface area contributed by atoms with Crippen LogP contribution in [-0.4, -0.2) is 45.7 Å². The van der Waals surface area contributed by atoms with Gasteiger partial charge in [-0.3, -0.25) is 0 Å². The molecule has 0 aromatic carbocycles. The van der Waals surface area contributed by atoms with Crippen molar-refractivity contribution in [2.75, 3.05) is 0 Å². The van der Waals surface area contributed by atoms with Crippen molar-refractivity contribution >= 4 is 29.0 Å². The summed E-state index contributed by atoms with van der Waals surface area (Å²) in [5.41, 5.74) is 0. The second kappa shape index (κ2) is 7.48. The second-order valence-electron chi connectivity index (χ2n) is 0.461. The first-order valence-corrected chi connectivity index (χ1v) is 5.53. The molecule has 6 nitrogen and oxygen atoms in total. The Kier molecular flexibility index (Phi) is 10.6. The van der Waals surface area contributed by atoms with E-state index in [-0.39, 0.29) is 0 Å². The molecule has 0 fully saturated rings. The monoisotopic (exact) mass is 260 g/mol. The van der Waals surface area contributed by atoms with Crippen molar-refractivity contribution in [1.82, 2.24) is 0 Å². The maximum atomic E-state index is 8.76. The van der Waals surface area contributed by atoms with E-state index in [0.717, 1.165) is 0 Å². The van der Waals surface area contributed by atoms with Crippen LogP contribution in [-0.2, 0) is 7.67 Å². The maximum absolute atomic E-state index is 8.76. The van der Waals surface area contributed by atoms with E-state index in [1.54, 1.807) is 0 Å². The molecule has 0 saturated carbocycles. The number of rotatable bonds is 0. The summed E-state index contributed by atoms with van der Waals surface area (Å²) in [5, 5.41) is 0. The molecule has 52 valence electrons. The standard InChI is InChI=1S/2H2O3Se/c2*1-4(2)3/h2*(H2,1,2,3). The molecule has 0 unspecified atom stereocenters. The number of hydrogen-bond acceptors (Lipinski definition) is 2. The molecule has 0 spiro atoms. The molecule has 0 aliphatic carbocycles. The summed E-state index contributed by atoms with van der Waals surface area (Å²) in [4.78, 5) is 0. The van der Waals surface area contributed by atoms with E-state index in [1.165, 1.54) is 0 Å². The van der Waals surface area contributed by atoms with E-state index in [0.29, 0.717) is 0 Å². The molecule has 0 radical (unpaired) electrons. The van der Waals surface area contributed by atoms with Gasteiger partial charge < -0.3 is 0 Å². The molecule has 0 atom stereocenters. The van der Waals surface area contributed by atoms with Gasteiger partial charge in [-0.05, 0) is 0 Å². The molecular formula is H4O6Se2. The summed E-state index contributed by atoms with van der Waals surface area (Å²) in [5.74, 6) is 0. The zero-order chi connectivity index (χ0) is 7.15. The van der Waals surface area contributed by atoms with Crippen molar-refractivity contribution in [3.8, 4) is 0 Å². The quantitative estimate of drug-likeness (QED) is 0.340. The van der Waals surface area contributed by atoms with E-state index in [9.17, 15) is 0 Å². The average molecular weight is 258 g/mol. The predicted octanol–water partition coefficient (Wildman–Crippen LogP) is -3.23. The minimum atomic E-state index is -3.29. The van der Waals surface area contributed by atoms with Crippen LogP contribution in [0.5, 0.6) is 0 Å². The van der Waals surface area contributed by atoms with Gasteiger partial charge in [-0.1, -0.05) is 0 Å². The van der Waals surface area contributed by atoms with Crippen molar-refractivity contribution in [1.29, 1.82) is 0 Å². The van der Waals surface area contributed by atoms with Crippen LogP contribution in [0.1, 0.15) is 0 Å². The van der Waals surface area contributed by atoms with Crippen molar-refractivity contribution in [2.24, 2.45) is 0 Å². The fourth-order valence-corrected chi connectivity index (χ4v) is 0. The van der Waals surface area contributed by atoms with Gasteiger partial charge in [-0.25, -0.2) is 0 Å². The first-order chi connectivity index (χ1) is 3.46. The van der Waals surface area contributed by atoms with Gasteiger partial charge in [-0.2, -0.15) is 0 Å². The van der Waals surface area contributed by atoms with Crippen LogP contribution in [0.3, 0.4) is 0 Å². The fraction of sp³-hybridized carbons (Fsp3) is 0. The average Bonchev–Trinajstić information content (AvgIpc) is 1.25. The zero-order valence-corrected chi connectivity index (χ0v) is 6.85. The Bertz CT molecular complexity index is 64.5. The number of hydrogen-bond donors (Lipinski definition) is 4. The van der Waals surface area contributed by atoms with E-state index in [1.807, 2.05) is 0 Å². The Balaban J connectivity index is 0. The van der Waals surface area contributed by atoms with Gasteiger partial charge >= 0.3 is 53.4 Å². The third kappa shape index (κ3) is 848. The van der Waals surface area contributed by atoms with Crippen LogP contribution in [0.15, 0.2) is 0 Å². The summed E-state index contributed by atoms with van der Waals surface area (Å²) in [6.45, 7) is 0. The van der Waals surface area contributed by atoms with Gasteiger partial charge in [0.25, 0.3) is 0 Å². The third-order valence-electron chi connectivity index (χ3n) is 0. The van der Waals surface area contributed by atoms with Gasteiger partial charge in [0, 0.05) is 0 Å². The molecule has 4 N–H and O–H groups in total. The van der Waals surface area contributed by atoms with Crippen LogP contribution < -0.4 is 0 Å². The van der Waals surface area contributed by atoms with Crippen molar-refractivity contribution in [3.63, 3.8) is 0 Å². The first kappa shape index (κ1) is 11.3. The summed E-state index contributed by atoms with van der Waals surface area (Å²) >= 11 is -6.58. The van der Waals surface area contributed by atoms with Crippen LogP contribution in [0.25, 0.3) is 0 Å². The molecule has 0 aromatic rings. The van der Waals surface area contributed by atoms with Crippen molar-refractivity contribution in [2.45, 2.75) is 0 Å². The molecule has 0 aromatic heterocycles. The summed E-state index contributed by atoms with van der Waals surface area (Å²) in [7, 11) is 0. The molecule has 0 aliphatic heterocycles. The molecule has 8 heavy (non-hydrogen) atoms. The Morgan fingerprint density at radius 3 is 0.750 bits per heavy atom. The van der Waals surface area contributed by atoms with Crippen LogP contribution in [0, 0.1) is 0 Å². The molecule has 0 heterocycles. The van der Waals surface area contributed by atoms with Crippen LogP contribution in [0.4, 0.5) is 0 Å². The second-order valence-corrected chi connectivity index (χ2v) is 2.40.